The van der Waals surface area contributed by atoms with Crippen molar-refractivity contribution in [2.24, 2.45) is 0 Å². The number of carbonyl (C=O) groups excluding carboxylic acids is 2. The molecular formula is C25H28N6O3. The van der Waals surface area contributed by atoms with E-state index in [4.69, 9.17) is 4.74 Å². The summed E-state index contributed by atoms with van der Waals surface area (Å²) in [5.41, 5.74) is 2.93. The molecule has 34 heavy (non-hydrogen) atoms. The third kappa shape index (κ3) is 4.54. The number of amides is 1. The molecule has 1 aliphatic rings. The molecule has 4 rings (SSSR count). The summed E-state index contributed by atoms with van der Waals surface area (Å²) >= 11 is 0. The summed E-state index contributed by atoms with van der Waals surface area (Å²) in [6.45, 7) is 8.31. The van der Waals surface area contributed by atoms with E-state index in [9.17, 15) is 9.59 Å². The summed E-state index contributed by atoms with van der Waals surface area (Å²) < 4.78 is 5.00. The zero-order valence-electron chi connectivity index (χ0n) is 19.6. The van der Waals surface area contributed by atoms with Crippen LogP contribution in [-0.2, 0) is 4.74 Å². The molecule has 1 fully saturated rings. The number of piperidine rings is 1. The standard InChI is InChI=1S/C25H28N6O3/c1-16(2)19-11-12-26-23(22(19)25(33)34-4)29-18-10-9-17(3)30(15-18)24(32)20-7-5-6-8-21(20)31-27-13-14-28-31/h5-8,11-14,17-18H,1,9-10,15H2,2-4H3,(H,26,29)/t17-,18-/m1/s1. The van der Waals surface area contributed by atoms with E-state index in [1.807, 2.05) is 36.9 Å². The minimum atomic E-state index is -0.480. The number of hydrogen-bond donors (Lipinski definition) is 1. The molecule has 2 atom stereocenters. The van der Waals surface area contributed by atoms with Crippen molar-refractivity contribution >= 4 is 23.3 Å². The molecule has 1 saturated heterocycles. The highest BCUT2D eigenvalue weighted by Crippen LogP contribution is 2.28. The maximum absolute atomic E-state index is 13.6. The van der Waals surface area contributed by atoms with Crippen LogP contribution in [0.2, 0.25) is 0 Å². The quantitative estimate of drug-likeness (QED) is 0.561. The fourth-order valence-electron chi connectivity index (χ4n) is 4.26. The van der Waals surface area contributed by atoms with Gasteiger partial charge in [0.2, 0.25) is 0 Å². The Hall–Kier alpha value is -4.01. The third-order valence-corrected chi connectivity index (χ3v) is 6.05. The molecule has 176 valence electrons. The Labute approximate surface area is 198 Å². The maximum Gasteiger partial charge on any atom is 0.342 e. The number of hydrogen-bond acceptors (Lipinski definition) is 7. The van der Waals surface area contributed by atoms with Gasteiger partial charge >= 0.3 is 5.97 Å². The molecule has 0 saturated carbocycles. The number of pyridine rings is 1. The second kappa shape index (κ2) is 9.86. The Morgan fingerprint density at radius 3 is 2.53 bits per heavy atom. The van der Waals surface area contributed by atoms with Crippen molar-refractivity contribution in [2.75, 3.05) is 19.0 Å². The first-order valence-electron chi connectivity index (χ1n) is 11.2. The monoisotopic (exact) mass is 460 g/mol. The van der Waals surface area contributed by atoms with Crippen molar-refractivity contribution in [3.63, 3.8) is 0 Å². The number of methoxy groups -OCH3 is 1. The second-order valence-electron chi connectivity index (χ2n) is 8.41. The highest BCUT2D eigenvalue weighted by molar-refractivity contribution is 6.00. The van der Waals surface area contributed by atoms with E-state index in [1.165, 1.54) is 11.9 Å². The molecule has 2 aromatic heterocycles. The number of likely N-dealkylation sites (tertiary alicyclic amines) is 1. The summed E-state index contributed by atoms with van der Waals surface area (Å²) in [5, 5.41) is 11.8. The summed E-state index contributed by atoms with van der Waals surface area (Å²) in [6.07, 6.45) is 6.43. The number of benzene rings is 1. The predicted octanol–water partition coefficient (Wildman–Crippen LogP) is 3.59. The zero-order chi connectivity index (χ0) is 24.2. The average Bonchev–Trinajstić information content (AvgIpc) is 3.39. The van der Waals surface area contributed by atoms with E-state index in [2.05, 4.69) is 27.1 Å². The summed E-state index contributed by atoms with van der Waals surface area (Å²) in [6, 6.07) is 9.02. The van der Waals surface area contributed by atoms with Crippen LogP contribution < -0.4 is 5.32 Å². The van der Waals surface area contributed by atoms with Gasteiger partial charge in [0, 0.05) is 24.8 Å². The molecule has 0 aliphatic carbocycles. The van der Waals surface area contributed by atoms with E-state index in [1.54, 1.807) is 30.7 Å². The highest BCUT2D eigenvalue weighted by Gasteiger charge is 2.32. The van der Waals surface area contributed by atoms with E-state index < -0.39 is 5.97 Å². The number of para-hydroxylation sites is 1. The summed E-state index contributed by atoms with van der Waals surface area (Å²) in [4.78, 5) is 33.9. The largest absolute Gasteiger partial charge is 0.465 e. The van der Waals surface area contributed by atoms with Gasteiger partial charge in [0.25, 0.3) is 5.91 Å². The molecule has 9 nitrogen and oxygen atoms in total. The number of nitrogens with one attached hydrogen (secondary N) is 1. The van der Waals surface area contributed by atoms with Gasteiger partial charge in [-0.25, -0.2) is 9.78 Å². The fourth-order valence-corrected chi connectivity index (χ4v) is 4.26. The number of nitrogens with zero attached hydrogens (tertiary/aromatic N) is 5. The first-order valence-corrected chi connectivity index (χ1v) is 11.2. The number of ether oxygens (including phenoxy) is 1. The van der Waals surface area contributed by atoms with Gasteiger partial charge in [-0.3, -0.25) is 4.79 Å². The Bertz CT molecular complexity index is 1210. The van der Waals surface area contributed by atoms with Gasteiger partial charge in [-0.1, -0.05) is 24.3 Å². The first kappa shape index (κ1) is 23.2. The van der Waals surface area contributed by atoms with Gasteiger partial charge in [0.15, 0.2) is 0 Å². The van der Waals surface area contributed by atoms with E-state index in [-0.39, 0.29) is 18.0 Å². The number of allylic oxidation sites excluding steroid dienone is 1. The lowest BCUT2D eigenvalue weighted by molar-refractivity contribution is 0.0594. The SMILES string of the molecule is C=C(C)c1ccnc(N[C@@H]2CC[C@@H](C)N(C(=O)c3ccccc3-n3nccn3)C2)c1C(=O)OC. The van der Waals surface area contributed by atoms with Crippen molar-refractivity contribution in [3.05, 3.63) is 72.2 Å². The van der Waals surface area contributed by atoms with Crippen molar-refractivity contribution in [1.82, 2.24) is 24.9 Å². The number of esters is 1. The number of carbonyl (C=O) groups is 2. The zero-order valence-corrected chi connectivity index (χ0v) is 19.6. The molecule has 1 N–H and O–H groups in total. The molecule has 3 aromatic rings. The molecule has 9 heteroatoms. The highest BCUT2D eigenvalue weighted by atomic mass is 16.5. The Kier molecular flexibility index (Phi) is 6.72. The van der Waals surface area contributed by atoms with Crippen LogP contribution in [0.5, 0.6) is 0 Å². The number of anilines is 1. The molecule has 0 unspecified atom stereocenters. The van der Waals surface area contributed by atoms with Gasteiger partial charge < -0.3 is 15.0 Å². The van der Waals surface area contributed by atoms with Crippen molar-refractivity contribution < 1.29 is 14.3 Å². The minimum Gasteiger partial charge on any atom is -0.465 e. The molecular weight excluding hydrogens is 432 g/mol. The van der Waals surface area contributed by atoms with Crippen LogP contribution in [-0.4, -0.2) is 62.5 Å². The van der Waals surface area contributed by atoms with Crippen LogP contribution in [0.1, 0.15) is 53.0 Å². The van der Waals surface area contributed by atoms with Crippen LogP contribution in [0.3, 0.4) is 0 Å². The van der Waals surface area contributed by atoms with Gasteiger partial charge in [0.1, 0.15) is 11.4 Å². The van der Waals surface area contributed by atoms with Crippen LogP contribution in [0.25, 0.3) is 11.3 Å². The van der Waals surface area contributed by atoms with Crippen molar-refractivity contribution in [2.45, 2.75) is 38.8 Å². The van der Waals surface area contributed by atoms with Crippen LogP contribution in [0.15, 0.2) is 55.5 Å². The Morgan fingerprint density at radius 2 is 1.82 bits per heavy atom. The number of rotatable bonds is 6. The summed E-state index contributed by atoms with van der Waals surface area (Å²) in [7, 11) is 1.34. The predicted molar refractivity (Wildman–Crippen MR) is 129 cm³/mol. The topological polar surface area (TPSA) is 102 Å². The van der Waals surface area contributed by atoms with Crippen molar-refractivity contribution in [3.8, 4) is 5.69 Å². The van der Waals surface area contributed by atoms with Crippen molar-refractivity contribution in [1.29, 1.82) is 0 Å². The smallest absolute Gasteiger partial charge is 0.342 e. The van der Waals surface area contributed by atoms with Gasteiger partial charge in [-0.2, -0.15) is 15.0 Å². The van der Waals surface area contributed by atoms with Crippen LogP contribution >= 0.6 is 0 Å². The van der Waals surface area contributed by atoms with Gasteiger partial charge in [0.05, 0.1) is 30.8 Å². The van der Waals surface area contributed by atoms with E-state index in [0.29, 0.717) is 34.7 Å². The molecule has 1 amide bonds. The van der Waals surface area contributed by atoms with Gasteiger partial charge in [-0.05, 0) is 50.5 Å². The lowest BCUT2D eigenvalue weighted by Gasteiger charge is -2.39. The molecule has 1 aromatic carbocycles. The molecule has 0 spiro atoms. The molecule has 1 aliphatic heterocycles. The van der Waals surface area contributed by atoms with Gasteiger partial charge in [-0.15, -0.1) is 0 Å². The number of aromatic nitrogens is 4. The third-order valence-electron chi connectivity index (χ3n) is 6.05. The molecule has 3 heterocycles. The second-order valence-corrected chi connectivity index (χ2v) is 8.41. The summed E-state index contributed by atoms with van der Waals surface area (Å²) in [5.74, 6) is -0.143. The Morgan fingerprint density at radius 1 is 1.09 bits per heavy atom. The minimum absolute atomic E-state index is 0.0546. The van der Waals surface area contributed by atoms with Crippen LogP contribution in [0.4, 0.5) is 5.82 Å². The van der Waals surface area contributed by atoms with E-state index >= 15 is 0 Å². The van der Waals surface area contributed by atoms with E-state index in [0.717, 1.165) is 18.4 Å². The normalized spacial score (nSPS) is 17.8. The first-order chi connectivity index (χ1) is 16.4. The van der Waals surface area contributed by atoms with Crippen LogP contribution in [0, 0.1) is 0 Å². The molecule has 0 bridgehead atoms. The fraction of sp³-hybridized carbons (Fsp3) is 0.320. The maximum atomic E-state index is 13.6. The lowest BCUT2D eigenvalue weighted by atomic mass is 9.97. The average molecular weight is 461 g/mol. The lowest BCUT2D eigenvalue weighted by Crippen LogP contribution is -2.50. The Balaban J connectivity index is 1.60. The molecule has 0 radical (unpaired) electrons.